The van der Waals surface area contributed by atoms with Crippen LogP contribution in [0.2, 0.25) is 0 Å². The normalized spacial score (nSPS) is 13.0. The molecule has 0 radical (unpaired) electrons. The predicted octanol–water partition coefficient (Wildman–Crippen LogP) is 2.24. The lowest BCUT2D eigenvalue weighted by Crippen LogP contribution is -2.27. The Labute approximate surface area is 128 Å². The quantitative estimate of drug-likeness (QED) is 0.544. The third-order valence-corrected chi connectivity index (χ3v) is 3.31. The molecule has 0 fully saturated rings. The number of esters is 2. The summed E-state index contributed by atoms with van der Waals surface area (Å²) >= 11 is 0. The van der Waals surface area contributed by atoms with E-state index >= 15 is 0 Å². The Balaban J connectivity index is 3.15. The molecule has 0 saturated carbocycles. The minimum Gasteiger partial charge on any atom is -0.469 e. The van der Waals surface area contributed by atoms with Crippen LogP contribution in [0.5, 0.6) is 0 Å². The maximum atomic E-state index is 13.4. The van der Waals surface area contributed by atoms with Gasteiger partial charge in [0.2, 0.25) is 0 Å². The van der Waals surface area contributed by atoms with E-state index < -0.39 is 29.6 Å². The highest BCUT2D eigenvalue weighted by molar-refractivity contribution is 5.79. The third-order valence-electron chi connectivity index (χ3n) is 3.31. The zero-order chi connectivity index (χ0) is 16.5. The molecule has 0 bridgehead atoms. The molecule has 1 aromatic carbocycles. The molecule has 0 aliphatic heterocycles. The standard InChI is InChI=1S/C16H19FO5/c1-3-22-15(19)10-14(11-5-4-6-12(17)9-11)13(7-8-18)16(20)21-2/h4-6,8-9,13-14H,3,7,10H2,1-2H3. The third kappa shape index (κ3) is 4.95. The summed E-state index contributed by atoms with van der Waals surface area (Å²) in [6.45, 7) is 1.86. The zero-order valence-corrected chi connectivity index (χ0v) is 12.6. The number of carbonyl (C=O) groups excluding carboxylic acids is 3. The molecule has 0 saturated heterocycles. The van der Waals surface area contributed by atoms with Crippen LogP contribution in [-0.2, 0) is 23.9 Å². The number of methoxy groups -OCH3 is 1. The van der Waals surface area contributed by atoms with Crippen molar-refractivity contribution in [3.05, 3.63) is 35.6 Å². The number of hydrogen-bond acceptors (Lipinski definition) is 5. The van der Waals surface area contributed by atoms with E-state index in [9.17, 15) is 18.8 Å². The minimum absolute atomic E-state index is 0.118. The Morgan fingerprint density at radius 1 is 1.36 bits per heavy atom. The molecule has 1 rings (SSSR count). The Hall–Kier alpha value is -2.24. The lowest BCUT2D eigenvalue weighted by Gasteiger charge is -2.23. The maximum Gasteiger partial charge on any atom is 0.309 e. The zero-order valence-electron chi connectivity index (χ0n) is 12.6. The topological polar surface area (TPSA) is 69.7 Å². The van der Waals surface area contributed by atoms with Crippen LogP contribution in [0.3, 0.4) is 0 Å². The van der Waals surface area contributed by atoms with Crippen molar-refractivity contribution >= 4 is 18.2 Å². The Morgan fingerprint density at radius 2 is 2.09 bits per heavy atom. The van der Waals surface area contributed by atoms with Crippen LogP contribution in [0.4, 0.5) is 4.39 Å². The first-order valence-electron chi connectivity index (χ1n) is 6.96. The van der Waals surface area contributed by atoms with Gasteiger partial charge in [0.15, 0.2) is 0 Å². The second-order valence-electron chi connectivity index (χ2n) is 4.70. The van der Waals surface area contributed by atoms with Gasteiger partial charge in [-0.15, -0.1) is 0 Å². The van der Waals surface area contributed by atoms with Gasteiger partial charge in [-0.05, 0) is 24.6 Å². The smallest absolute Gasteiger partial charge is 0.309 e. The summed E-state index contributed by atoms with van der Waals surface area (Å²) in [5.41, 5.74) is 0.449. The Bertz CT molecular complexity index is 529. The van der Waals surface area contributed by atoms with Crippen LogP contribution in [0, 0.1) is 11.7 Å². The van der Waals surface area contributed by atoms with Gasteiger partial charge in [-0.3, -0.25) is 9.59 Å². The lowest BCUT2D eigenvalue weighted by atomic mass is 9.82. The fourth-order valence-electron chi connectivity index (χ4n) is 2.31. The van der Waals surface area contributed by atoms with Gasteiger partial charge in [-0.2, -0.15) is 0 Å². The first-order valence-corrected chi connectivity index (χ1v) is 6.96. The van der Waals surface area contributed by atoms with E-state index in [1.807, 2.05) is 0 Å². The second kappa shape index (κ2) is 8.92. The van der Waals surface area contributed by atoms with Crippen molar-refractivity contribution in [2.75, 3.05) is 13.7 Å². The van der Waals surface area contributed by atoms with Crippen LogP contribution in [0.15, 0.2) is 24.3 Å². The number of halogens is 1. The molecule has 0 amide bonds. The van der Waals surface area contributed by atoms with Gasteiger partial charge in [0.1, 0.15) is 12.1 Å². The summed E-state index contributed by atoms with van der Waals surface area (Å²) < 4.78 is 23.0. The molecule has 2 atom stereocenters. The average molecular weight is 310 g/mol. The number of aldehydes is 1. The Kier molecular flexibility index (Phi) is 7.22. The number of hydrogen-bond donors (Lipinski definition) is 0. The molecule has 120 valence electrons. The molecule has 0 aromatic heterocycles. The SMILES string of the molecule is CCOC(=O)CC(c1cccc(F)c1)C(CC=O)C(=O)OC. The van der Waals surface area contributed by atoms with Gasteiger partial charge in [-0.1, -0.05) is 12.1 Å². The highest BCUT2D eigenvalue weighted by Gasteiger charge is 2.32. The molecule has 1 aromatic rings. The summed E-state index contributed by atoms with van der Waals surface area (Å²) in [5, 5.41) is 0. The molecule has 0 heterocycles. The Morgan fingerprint density at radius 3 is 2.64 bits per heavy atom. The van der Waals surface area contributed by atoms with Crippen molar-refractivity contribution in [2.24, 2.45) is 5.92 Å². The van der Waals surface area contributed by atoms with Crippen LogP contribution < -0.4 is 0 Å². The van der Waals surface area contributed by atoms with Crippen LogP contribution >= 0.6 is 0 Å². The van der Waals surface area contributed by atoms with E-state index in [4.69, 9.17) is 9.47 Å². The summed E-state index contributed by atoms with van der Waals surface area (Å²) in [7, 11) is 1.20. The molecule has 0 aliphatic rings. The minimum atomic E-state index is -0.867. The lowest BCUT2D eigenvalue weighted by molar-refractivity contribution is -0.149. The van der Waals surface area contributed by atoms with Crippen molar-refractivity contribution in [2.45, 2.75) is 25.7 Å². The van der Waals surface area contributed by atoms with Crippen LogP contribution in [-0.4, -0.2) is 31.9 Å². The van der Waals surface area contributed by atoms with Crippen molar-refractivity contribution in [1.82, 2.24) is 0 Å². The first-order chi connectivity index (χ1) is 10.5. The summed E-state index contributed by atoms with van der Waals surface area (Å²) in [4.78, 5) is 34.5. The van der Waals surface area contributed by atoms with E-state index in [1.54, 1.807) is 13.0 Å². The molecule has 0 aliphatic carbocycles. The van der Waals surface area contributed by atoms with Crippen molar-refractivity contribution in [3.8, 4) is 0 Å². The number of carbonyl (C=O) groups is 3. The van der Waals surface area contributed by atoms with Crippen molar-refractivity contribution in [3.63, 3.8) is 0 Å². The maximum absolute atomic E-state index is 13.4. The van der Waals surface area contributed by atoms with Gasteiger partial charge >= 0.3 is 11.9 Å². The predicted molar refractivity (Wildman–Crippen MR) is 76.6 cm³/mol. The molecule has 5 nitrogen and oxygen atoms in total. The highest BCUT2D eigenvalue weighted by Crippen LogP contribution is 2.32. The number of benzene rings is 1. The molecule has 0 spiro atoms. The number of rotatable bonds is 8. The summed E-state index contributed by atoms with van der Waals surface area (Å²) in [5.74, 6) is -3.18. The van der Waals surface area contributed by atoms with Gasteiger partial charge in [0.25, 0.3) is 0 Å². The molecular weight excluding hydrogens is 291 g/mol. The van der Waals surface area contributed by atoms with Gasteiger partial charge < -0.3 is 14.3 Å². The van der Waals surface area contributed by atoms with Crippen LogP contribution in [0.25, 0.3) is 0 Å². The fraction of sp³-hybridized carbons (Fsp3) is 0.438. The molecule has 22 heavy (non-hydrogen) atoms. The number of ether oxygens (including phenoxy) is 2. The highest BCUT2D eigenvalue weighted by atomic mass is 19.1. The van der Waals surface area contributed by atoms with Crippen molar-refractivity contribution < 1.29 is 28.2 Å². The second-order valence-corrected chi connectivity index (χ2v) is 4.70. The van der Waals surface area contributed by atoms with E-state index in [2.05, 4.69) is 0 Å². The van der Waals surface area contributed by atoms with Crippen LogP contribution in [0.1, 0.15) is 31.2 Å². The van der Waals surface area contributed by atoms with E-state index in [1.165, 1.54) is 25.3 Å². The monoisotopic (exact) mass is 310 g/mol. The van der Waals surface area contributed by atoms with E-state index in [0.29, 0.717) is 11.8 Å². The van der Waals surface area contributed by atoms with E-state index in [0.717, 1.165) is 0 Å². The van der Waals surface area contributed by atoms with Crippen molar-refractivity contribution in [1.29, 1.82) is 0 Å². The molecule has 2 unspecified atom stereocenters. The molecular formula is C16H19FO5. The fourth-order valence-corrected chi connectivity index (χ4v) is 2.31. The van der Waals surface area contributed by atoms with E-state index in [-0.39, 0.29) is 19.4 Å². The summed E-state index contributed by atoms with van der Waals surface area (Å²) in [6, 6.07) is 5.59. The summed E-state index contributed by atoms with van der Waals surface area (Å²) in [6.07, 6.45) is 0.331. The molecule has 0 N–H and O–H groups in total. The van der Waals surface area contributed by atoms with Gasteiger partial charge in [0.05, 0.1) is 26.1 Å². The largest absolute Gasteiger partial charge is 0.469 e. The molecule has 6 heteroatoms. The average Bonchev–Trinajstić information content (AvgIpc) is 2.50. The first kappa shape index (κ1) is 17.8. The van der Waals surface area contributed by atoms with Gasteiger partial charge in [0, 0.05) is 12.3 Å². The van der Waals surface area contributed by atoms with Gasteiger partial charge in [-0.25, -0.2) is 4.39 Å².